The first-order chi connectivity index (χ1) is 11.0. The average Bonchev–Trinajstić information content (AvgIpc) is 2.49. The van der Waals surface area contributed by atoms with Crippen molar-refractivity contribution in [1.29, 1.82) is 0 Å². The maximum Gasteiger partial charge on any atom is 0.262 e. The second kappa shape index (κ2) is 7.78. The van der Waals surface area contributed by atoms with Crippen molar-refractivity contribution in [3.05, 3.63) is 52.5 Å². The summed E-state index contributed by atoms with van der Waals surface area (Å²) in [6.07, 6.45) is 0. The Bertz CT molecular complexity index is 732. The van der Waals surface area contributed by atoms with E-state index < -0.39 is 0 Å². The molecule has 0 aliphatic heterocycles. The highest BCUT2D eigenvalue weighted by molar-refractivity contribution is 9.10. The second-order valence-corrected chi connectivity index (χ2v) is 5.83. The van der Waals surface area contributed by atoms with Crippen LogP contribution in [0.4, 0.5) is 11.4 Å². The number of benzene rings is 2. The van der Waals surface area contributed by atoms with Gasteiger partial charge in [-0.15, -0.1) is 0 Å². The predicted molar refractivity (Wildman–Crippen MR) is 93.7 cm³/mol. The van der Waals surface area contributed by atoms with E-state index in [4.69, 9.17) is 4.74 Å². The summed E-state index contributed by atoms with van der Waals surface area (Å²) in [7, 11) is 0. The van der Waals surface area contributed by atoms with Gasteiger partial charge in [0, 0.05) is 17.1 Å². The van der Waals surface area contributed by atoms with Crippen molar-refractivity contribution >= 4 is 39.1 Å². The highest BCUT2D eigenvalue weighted by Crippen LogP contribution is 2.24. The molecule has 23 heavy (non-hydrogen) atoms. The van der Waals surface area contributed by atoms with E-state index in [-0.39, 0.29) is 18.4 Å². The summed E-state index contributed by atoms with van der Waals surface area (Å²) >= 11 is 3.41. The molecule has 2 N–H and O–H groups in total. The molecule has 0 fully saturated rings. The second-order valence-electron chi connectivity index (χ2n) is 4.98. The Hall–Kier alpha value is -2.34. The van der Waals surface area contributed by atoms with Crippen LogP contribution in [0.1, 0.15) is 12.5 Å². The number of amides is 2. The normalized spacial score (nSPS) is 10.0. The van der Waals surface area contributed by atoms with Crippen molar-refractivity contribution in [2.75, 3.05) is 17.2 Å². The fraction of sp³-hybridized carbons (Fsp3) is 0.176. The van der Waals surface area contributed by atoms with Crippen molar-refractivity contribution in [2.24, 2.45) is 0 Å². The number of para-hydroxylation sites is 2. The predicted octanol–water partition coefficient (Wildman–Crippen LogP) is 3.73. The standard InChI is InChI=1S/C17H17BrN2O3/c1-11-9-13(7-8-14(11)18)20-17(22)10-23-16-6-4-3-5-15(16)19-12(2)21/h3-9H,10H2,1-2H3,(H,19,21)(H,20,22). The molecule has 0 spiro atoms. The molecule has 2 aromatic carbocycles. The maximum atomic E-state index is 12.0. The first-order valence-electron chi connectivity index (χ1n) is 7.01. The fourth-order valence-electron chi connectivity index (χ4n) is 1.95. The van der Waals surface area contributed by atoms with Crippen molar-refractivity contribution in [1.82, 2.24) is 0 Å². The first-order valence-corrected chi connectivity index (χ1v) is 7.80. The summed E-state index contributed by atoms with van der Waals surface area (Å²) in [5.41, 5.74) is 2.27. The lowest BCUT2D eigenvalue weighted by molar-refractivity contribution is -0.118. The van der Waals surface area contributed by atoms with Gasteiger partial charge in [0.05, 0.1) is 5.69 Å². The number of carbonyl (C=O) groups is 2. The van der Waals surface area contributed by atoms with Crippen LogP contribution in [0.25, 0.3) is 0 Å². The van der Waals surface area contributed by atoms with Gasteiger partial charge in [-0.2, -0.15) is 0 Å². The molecule has 0 radical (unpaired) electrons. The number of hydrogen-bond acceptors (Lipinski definition) is 3. The van der Waals surface area contributed by atoms with E-state index >= 15 is 0 Å². The van der Waals surface area contributed by atoms with Crippen LogP contribution in [0.15, 0.2) is 46.9 Å². The lowest BCUT2D eigenvalue weighted by atomic mass is 10.2. The highest BCUT2D eigenvalue weighted by atomic mass is 79.9. The smallest absolute Gasteiger partial charge is 0.262 e. The largest absolute Gasteiger partial charge is 0.482 e. The Morgan fingerprint density at radius 3 is 2.57 bits per heavy atom. The summed E-state index contributed by atoms with van der Waals surface area (Å²) in [5.74, 6) is -0.0231. The molecule has 2 rings (SSSR count). The van der Waals surface area contributed by atoms with Gasteiger partial charge in [-0.1, -0.05) is 28.1 Å². The van der Waals surface area contributed by atoms with Gasteiger partial charge >= 0.3 is 0 Å². The lowest BCUT2D eigenvalue weighted by Crippen LogP contribution is -2.20. The Morgan fingerprint density at radius 1 is 1.13 bits per heavy atom. The molecule has 2 aromatic rings. The first kappa shape index (κ1) is 17.0. The molecule has 0 saturated heterocycles. The Kier molecular flexibility index (Phi) is 5.76. The van der Waals surface area contributed by atoms with Crippen LogP contribution < -0.4 is 15.4 Å². The zero-order chi connectivity index (χ0) is 16.8. The topological polar surface area (TPSA) is 67.4 Å². The van der Waals surface area contributed by atoms with Gasteiger partial charge in [0.1, 0.15) is 5.75 Å². The summed E-state index contributed by atoms with van der Waals surface area (Å²) in [5, 5.41) is 5.43. The third kappa shape index (κ3) is 5.10. The fourth-order valence-corrected chi connectivity index (χ4v) is 2.19. The monoisotopic (exact) mass is 376 g/mol. The SMILES string of the molecule is CC(=O)Nc1ccccc1OCC(=O)Nc1ccc(Br)c(C)c1. The number of carbonyl (C=O) groups excluding carboxylic acids is 2. The van der Waals surface area contributed by atoms with Crippen LogP contribution in [-0.4, -0.2) is 18.4 Å². The van der Waals surface area contributed by atoms with Gasteiger partial charge in [-0.05, 0) is 42.8 Å². The Morgan fingerprint density at radius 2 is 1.87 bits per heavy atom. The summed E-state index contributed by atoms with van der Waals surface area (Å²) in [6, 6.07) is 12.5. The number of rotatable bonds is 5. The molecule has 0 aliphatic rings. The van der Waals surface area contributed by atoms with E-state index in [0.717, 1.165) is 10.0 Å². The molecule has 6 heteroatoms. The minimum Gasteiger partial charge on any atom is -0.482 e. The number of halogens is 1. The van der Waals surface area contributed by atoms with Crippen LogP contribution in [0.3, 0.4) is 0 Å². The molecule has 0 aliphatic carbocycles. The van der Waals surface area contributed by atoms with Crippen molar-refractivity contribution < 1.29 is 14.3 Å². The number of ether oxygens (including phenoxy) is 1. The van der Waals surface area contributed by atoms with Gasteiger partial charge in [0.2, 0.25) is 5.91 Å². The molecule has 0 unspecified atom stereocenters. The molecule has 120 valence electrons. The lowest BCUT2D eigenvalue weighted by Gasteiger charge is -2.12. The molecule has 0 saturated carbocycles. The number of anilines is 2. The van der Waals surface area contributed by atoms with Gasteiger partial charge < -0.3 is 15.4 Å². The van der Waals surface area contributed by atoms with Crippen molar-refractivity contribution in [3.8, 4) is 5.75 Å². The Balaban J connectivity index is 1.96. The molecule has 0 heterocycles. The summed E-state index contributed by atoms with van der Waals surface area (Å²) in [4.78, 5) is 23.1. The number of hydrogen-bond donors (Lipinski definition) is 2. The van der Waals surface area contributed by atoms with Gasteiger partial charge in [-0.25, -0.2) is 0 Å². The van der Waals surface area contributed by atoms with E-state index in [1.807, 2.05) is 19.1 Å². The van der Waals surface area contributed by atoms with Crippen molar-refractivity contribution in [3.63, 3.8) is 0 Å². The van der Waals surface area contributed by atoms with E-state index in [0.29, 0.717) is 17.1 Å². The van der Waals surface area contributed by atoms with E-state index in [1.54, 1.807) is 30.3 Å². The molecular weight excluding hydrogens is 360 g/mol. The van der Waals surface area contributed by atoms with E-state index in [1.165, 1.54) is 6.92 Å². The summed E-state index contributed by atoms with van der Waals surface area (Å²) in [6.45, 7) is 3.21. The molecule has 5 nitrogen and oxygen atoms in total. The third-order valence-electron chi connectivity index (χ3n) is 3.00. The van der Waals surface area contributed by atoms with Crippen molar-refractivity contribution in [2.45, 2.75) is 13.8 Å². The van der Waals surface area contributed by atoms with Crippen LogP contribution in [0.5, 0.6) is 5.75 Å². The maximum absolute atomic E-state index is 12.0. The molecule has 2 amide bonds. The minimum atomic E-state index is -0.274. The van der Waals surface area contributed by atoms with E-state index in [9.17, 15) is 9.59 Å². The van der Waals surface area contributed by atoms with Gasteiger partial charge in [0.25, 0.3) is 5.91 Å². The zero-order valence-corrected chi connectivity index (χ0v) is 14.4. The van der Waals surface area contributed by atoms with Crippen LogP contribution >= 0.6 is 15.9 Å². The van der Waals surface area contributed by atoms with Crippen LogP contribution in [0, 0.1) is 6.92 Å². The number of aryl methyl sites for hydroxylation is 1. The molecular formula is C17H17BrN2O3. The average molecular weight is 377 g/mol. The Labute approximate surface area is 143 Å². The molecule has 0 aromatic heterocycles. The zero-order valence-electron chi connectivity index (χ0n) is 12.9. The molecule has 0 bridgehead atoms. The molecule has 0 atom stereocenters. The minimum absolute atomic E-state index is 0.147. The van der Waals surface area contributed by atoms with Crippen LogP contribution in [-0.2, 0) is 9.59 Å². The van der Waals surface area contributed by atoms with Gasteiger partial charge in [0.15, 0.2) is 6.61 Å². The van der Waals surface area contributed by atoms with Crippen LogP contribution in [0.2, 0.25) is 0 Å². The van der Waals surface area contributed by atoms with Gasteiger partial charge in [-0.3, -0.25) is 9.59 Å². The summed E-state index contributed by atoms with van der Waals surface area (Å²) < 4.78 is 6.47. The highest BCUT2D eigenvalue weighted by Gasteiger charge is 2.08. The quantitative estimate of drug-likeness (QED) is 0.835. The number of nitrogens with one attached hydrogen (secondary N) is 2. The third-order valence-corrected chi connectivity index (χ3v) is 3.89. The van der Waals surface area contributed by atoms with E-state index in [2.05, 4.69) is 26.6 Å².